The monoisotopic (exact) mass is 237 g/mol. The lowest BCUT2D eigenvalue weighted by Crippen LogP contribution is -2.52. The second-order valence-electron chi connectivity index (χ2n) is 1.80. The van der Waals surface area contributed by atoms with Crippen LogP contribution >= 0.6 is 15.9 Å². The molecule has 0 saturated carbocycles. The van der Waals surface area contributed by atoms with Gasteiger partial charge in [-0.25, -0.2) is 4.39 Å². The third-order valence-electron chi connectivity index (χ3n) is 1.02. The summed E-state index contributed by atoms with van der Waals surface area (Å²) >= 11 is 1.89. The summed E-state index contributed by atoms with van der Waals surface area (Å²) in [7, 11) is 0. The van der Waals surface area contributed by atoms with Gasteiger partial charge in [0, 0.05) is 0 Å². The van der Waals surface area contributed by atoms with Gasteiger partial charge in [0.1, 0.15) is 6.67 Å². The van der Waals surface area contributed by atoms with Crippen LogP contribution in [0.25, 0.3) is 0 Å². The molecule has 1 atom stereocenters. The number of amides is 1. The fourth-order valence-electron chi connectivity index (χ4n) is 0.281. The van der Waals surface area contributed by atoms with E-state index in [0.29, 0.717) is 0 Å². The summed E-state index contributed by atoms with van der Waals surface area (Å²) in [5.74, 6) is -1.78. The van der Waals surface area contributed by atoms with E-state index >= 15 is 0 Å². The van der Waals surface area contributed by atoms with Crippen molar-refractivity contribution < 1.29 is 22.4 Å². The summed E-state index contributed by atoms with van der Waals surface area (Å²) < 4.78 is 43.8. The summed E-state index contributed by atoms with van der Waals surface area (Å²) in [6.45, 7) is -1.91. The molecular formula is C4H4BrF4NO. The van der Waals surface area contributed by atoms with Gasteiger partial charge in [-0.3, -0.25) is 4.79 Å². The SMILES string of the molecule is NC(=O)C(Br)(CF)C(F)(F)F. The normalized spacial score (nSPS) is 17.5. The summed E-state index contributed by atoms with van der Waals surface area (Å²) in [6, 6.07) is 0. The minimum absolute atomic E-state index is 1.78. The predicted molar refractivity (Wildman–Crippen MR) is 32.9 cm³/mol. The maximum atomic E-state index is 11.8. The summed E-state index contributed by atoms with van der Waals surface area (Å²) in [5.41, 5.74) is 4.32. The van der Waals surface area contributed by atoms with Crippen molar-refractivity contribution in [1.82, 2.24) is 0 Å². The molecule has 1 unspecified atom stereocenters. The average Bonchev–Trinajstić information content (AvgIpc) is 1.83. The Morgan fingerprint density at radius 3 is 1.82 bits per heavy atom. The first-order valence-electron chi connectivity index (χ1n) is 2.37. The van der Waals surface area contributed by atoms with Crippen LogP contribution in [0.1, 0.15) is 0 Å². The first-order valence-corrected chi connectivity index (χ1v) is 3.16. The van der Waals surface area contributed by atoms with Gasteiger partial charge >= 0.3 is 6.18 Å². The number of nitrogens with two attached hydrogens (primary N) is 1. The maximum Gasteiger partial charge on any atom is 0.415 e. The lowest BCUT2D eigenvalue weighted by atomic mass is 10.1. The number of carbonyl (C=O) groups excluding carboxylic acids is 1. The van der Waals surface area contributed by atoms with Gasteiger partial charge in [-0.05, 0) is 0 Å². The van der Waals surface area contributed by atoms with Crippen molar-refractivity contribution in [3.05, 3.63) is 0 Å². The third-order valence-corrected chi connectivity index (χ3v) is 2.08. The molecule has 0 fully saturated rings. The van der Waals surface area contributed by atoms with Crippen LogP contribution in [0, 0.1) is 0 Å². The van der Waals surface area contributed by atoms with Crippen LogP contribution in [0.5, 0.6) is 0 Å². The lowest BCUT2D eigenvalue weighted by molar-refractivity contribution is -0.170. The van der Waals surface area contributed by atoms with E-state index in [4.69, 9.17) is 0 Å². The van der Waals surface area contributed by atoms with Crippen molar-refractivity contribution in [3.63, 3.8) is 0 Å². The zero-order chi connectivity index (χ0) is 9.28. The smallest absolute Gasteiger partial charge is 0.368 e. The van der Waals surface area contributed by atoms with E-state index < -0.39 is 23.1 Å². The summed E-state index contributed by atoms with van der Waals surface area (Å²) in [6.07, 6.45) is -5.01. The molecule has 0 aromatic heterocycles. The van der Waals surface area contributed by atoms with Crippen molar-refractivity contribution in [3.8, 4) is 0 Å². The number of hydrogen-bond donors (Lipinski definition) is 1. The average molecular weight is 238 g/mol. The van der Waals surface area contributed by atoms with E-state index in [1.165, 1.54) is 0 Å². The minimum Gasteiger partial charge on any atom is -0.368 e. The highest BCUT2D eigenvalue weighted by Crippen LogP contribution is 2.37. The van der Waals surface area contributed by atoms with Crippen molar-refractivity contribution in [1.29, 1.82) is 0 Å². The number of hydrogen-bond acceptors (Lipinski definition) is 1. The number of carbonyl (C=O) groups is 1. The highest BCUT2D eigenvalue weighted by molar-refractivity contribution is 9.10. The second kappa shape index (κ2) is 2.96. The standard InChI is InChI=1S/C4H4BrF4NO/c5-3(1-6,2(10)11)4(7,8)9/h1H2,(H2,10,11). The number of alkyl halides is 5. The van der Waals surface area contributed by atoms with E-state index in [1.807, 2.05) is 15.9 Å². The highest BCUT2D eigenvalue weighted by atomic mass is 79.9. The van der Waals surface area contributed by atoms with Crippen LogP contribution in [0.15, 0.2) is 0 Å². The molecule has 0 aliphatic rings. The Labute approximate surface area is 67.9 Å². The fraction of sp³-hybridized carbons (Fsp3) is 0.750. The lowest BCUT2D eigenvalue weighted by Gasteiger charge is -2.22. The minimum atomic E-state index is -5.01. The Bertz CT molecular complexity index is 170. The maximum absolute atomic E-state index is 11.8. The van der Waals surface area contributed by atoms with E-state index in [1.54, 1.807) is 0 Å². The molecule has 0 saturated heterocycles. The van der Waals surface area contributed by atoms with Crippen molar-refractivity contribution in [2.24, 2.45) is 5.73 Å². The Balaban J connectivity index is 4.75. The molecule has 0 aromatic rings. The van der Waals surface area contributed by atoms with E-state index in [9.17, 15) is 22.4 Å². The zero-order valence-corrected chi connectivity index (χ0v) is 6.67. The highest BCUT2D eigenvalue weighted by Gasteiger charge is 2.58. The zero-order valence-electron chi connectivity index (χ0n) is 5.08. The van der Waals surface area contributed by atoms with Crippen LogP contribution in [0.4, 0.5) is 17.6 Å². The van der Waals surface area contributed by atoms with Crippen molar-refractivity contribution in [2.45, 2.75) is 10.5 Å². The van der Waals surface area contributed by atoms with Gasteiger partial charge in [-0.1, -0.05) is 15.9 Å². The van der Waals surface area contributed by atoms with Crippen molar-refractivity contribution in [2.75, 3.05) is 6.67 Å². The molecular weight excluding hydrogens is 234 g/mol. The third kappa shape index (κ3) is 1.82. The Kier molecular flexibility index (Phi) is 2.87. The van der Waals surface area contributed by atoms with Crippen LogP contribution in [-0.4, -0.2) is 23.1 Å². The molecule has 0 aliphatic carbocycles. The Morgan fingerprint density at radius 2 is 1.82 bits per heavy atom. The van der Waals surface area contributed by atoms with Gasteiger partial charge in [0.25, 0.3) is 0 Å². The summed E-state index contributed by atoms with van der Waals surface area (Å²) in [4.78, 5) is 10.1. The molecule has 0 spiro atoms. The first kappa shape index (κ1) is 10.7. The molecule has 11 heavy (non-hydrogen) atoms. The molecule has 0 radical (unpaired) electrons. The van der Waals surface area contributed by atoms with Gasteiger partial charge in [0.05, 0.1) is 0 Å². The van der Waals surface area contributed by atoms with Gasteiger partial charge in [-0.2, -0.15) is 13.2 Å². The molecule has 1 amide bonds. The van der Waals surface area contributed by atoms with Crippen LogP contribution in [-0.2, 0) is 4.79 Å². The van der Waals surface area contributed by atoms with Crippen LogP contribution < -0.4 is 5.73 Å². The quantitative estimate of drug-likeness (QED) is 0.568. The van der Waals surface area contributed by atoms with Crippen molar-refractivity contribution >= 4 is 21.8 Å². The number of halogens is 5. The molecule has 0 aliphatic heterocycles. The molecule has 0 rings (SSSR count). The van der Waals surface area contributed by atoms with Crippen LogP contribution in [0.2, 0.25) is 0 Å². The Hall–Kier alpha value is -0.330. The second-order valence-corrected chi connectivity index (χ2v) is 3.15. The summed E-state index contributed by atoms with van der Waals surface area (Å²) in [5, 5.41) is 0. The van der Waals surface area contributed by atoms with Gasteiger partial charge in [0.2, 0.25) is 10.2 Å². The van der Waals surface area contributed by atoms with Gasteiger partial charge in [0.15, 0.2) is 0 Å². The van der Waals surface area contributed by atoms with E-state index in [0.717, 1.165) is 0 Å². The molecule has 66 valence electrons. The predicted octanol–water partition coefficient (Wildman–Crippen LogP) is 1.14. The molecule has 0 bridgehead atoms. The van der Waals surface area contributed by atoms with Gasteiger partial charge in [-0.15, -0.1) is 0 Å². The fourth-order valence-corrected chi connectivity index (χ4v) is 0.281. The first-order chi connectivity index (χ1) is 4.75. The molecule has 7 heteroatoms. The number of primary amides is 1. The molecule has 0 aromatic carbocycles. The van der Waals surface area contributed by atoms with E-state index in [2.05, 4.69) is 5.73 Å². The van der Waals surface area contributed by atoms with Gasteiger partial charge < -0.3 is 5.73 Å². The van der Waals surface area contributed by atoms with E-state index in [-0.39, 0.29) is 0 Å². The molecule has 0 heterocycles. The molecule has 2 N–H and O–H groups in total. The molecule has 2 nitrogen and oxygen atoms in total. The van der Waals surface area contributed by atoms with Crippen LogP contribution in [0.3, 0.4) is 0 Å². The largest absolute Gasteiger partial charge is 0.415 e. The Morgan fingerprint density at radius 1 is 1.45 bits per heavy atom. The number of rotatable bonds is 2. The topological polar surface area (TPSA) is 43.1 Å².